The van der Waals surface area contributed by atoms with E-state index in [0.717, 1.165) is 0 Å². The first-order valence-electron chi connectivity index (χ1n) is 4.24. The molecule has 74 valence electrons. The molecule has 0 aliphatic carbocycles. The lowest BCUT2D eigenvalue weighted by Crippen LogP contribution is -2.57. The molecule has 1 heterocycles. The minimum atomic E-state index is -0.263. The summed E-state index contributed by atoms with van der Waals surface area (Å²) in [5, 5.41) is 5.72. The quantitative estimate of drug-likeness (QED) is 0.544. The molecule has 1 amide bonds. The van der Waals surface area contributed by atoms with Crippen LogP contribution in [0.4, 0.5) is 0 Å². The first-order valence-corrected chi connectivity index (χ1v) is 4.24. The van der Waals surface area contributed by atoms with E-state index in [1.165, 1.54) is 7.11 Å². The Hall–Kier alpha value is -1.10. The van der Waals surface area contributed by atoms with Crippen LogP contribution >= 0.6 is 0 Å². The molecule has 1 aliphatic heterocycles. The van der Waals surface area contributed by atoms with Crippen LogP contribution in [-0.2, 0) is 14.3 Å². The zero-order chi connectivity index (χ0) is 9.84. The highest BCUT2D eigenvalue weighted by molar-refractivity contribution is 5.82. The summed E-state index contributed by atoms with van der Waals surface area (Å²) in [6.07, 6.45) is 0.293. The fraction of sp³-hybridized carbons (Fsp3) is 0.750. The molecule has 0 bridgehead atoms. The number of rotatable bonds is 2. The molecule has 1 unspecified atom stereocenters. The van der Waals surface area contributed by atoms with Gasteiger partial charge in [0.15, 0.2) is 0 Å². The lowest BCUT2D eigenvalue weighted by Gasteiger charge is -2.27. The van der Waals surface area contributed by atoms with Crippen molar-refractivity contribution in [3.05, 3.63) is 0 Å². The molecule has 1 fully saturated rings. The Balaban J connectivity index is 2.37. The molecule has 2 atom stereocenters. The van der Waals surface area contributed by atoms with Gasteiger partial charge in [-0.3, -0.25) is 9.59 Å². The van der Waals surface area contributed by atoms with Gasteiger partial charge < -0.3 is 15.4 Å². The third-order valence-electron chi connectivity index (χ3n) is 2.04. The Morgan fingerprint density at radius 2 is 2.38 bits per heavy atom. The number of carbonyl (C=O) groups is 2. The van der Waals surface area contributed by atoms with Crippen LogP contribution in [-0.4, -0.2) is 37.6 Å². The van der Waals surface area contributed by atoms with Crippen molar-refractivity contribution in [2.45, 2.75) is 25.4 Å². The van der Waals surface area contributed by atoms with E-state index in [1.54, 1.807) is 6.92 Å². The Labute approximate surface area is 76.8 Å². The van der Waals surface area contributed by atoms with Crippen molar-refractivity contribution < 1.29 is 14.3 Å². The van der Waals surface area contributed by atoms with Gasteiger partial charge in [-0.15, -0.1) is 0 Å². The van der Waals surface area contributed by atoms with E-state index in [-0.39, 0.29) is 24.0 Å². The Kier molecular flexibility index (Phi) is 3.25. The molecule has 0 aromatic carbocycles. The average molecular weight is 186 g/mol. The van der Waals surface area contributed by atoms with Crippen LogP contribution in [0.2, 0.25) is 0 Å². The molecule has 1 rings (SSSR count). The van der Waals surface area contributed by atoms with Crippen molar-refractivity contribution >= 4 is 11.9 Å². The fourth-order valence-electron chi connectivity index (χ4n) is 1.28. The van der Waals surface area contributed by atoms with Crippen LogP contribution in [0.25, 0.3) is 0 Å². The van der Waals surface area contributed by atoms with Gasteiger partial charge in [0.25, 0.3) is 0 Å². The first kappa shape index (κ1) is 9.98. The predicted molar refractivity (Wildman–Crippen MR) is 46.0 cm³/mol. The van der Waals surface area contributed by atoms with Gasteiger partial charge >= 0.3 is 5.97 Å². The van der Waals surface area contributed by atoms with Gasteiger partial charge in [0.2, 0.25) is 5.91 Å². The number of piperazine rings is 1. The maximum atomic E-state index is 11.0. The third-order valence-corrected chi connectivity index (χ3v) is 2.04. The highest BCUT2D eigenvalue weighted by atomic mass is 16.5. The Morgan fingerprint density at radius 3 is 2.92 bits per heavy atom. The van der Waals surface area contributed by atoms with E-state index in [1.807, 2.05) is 0 Å². The second-order valence-corrected chi connectivity index (χ2v) is 3.11. The second kappa shape index (κ2) is 4.23. The molecular formula is C8H14N2O3. The van der Waals surface area contributed by atoms with E-state index in [2.05, 4.69) is 15.4 Å². The highest BCUT2D eigenvalue weighted by Crippen LogP contribution is 2.00. The lowest BCUT2D eigenvalue weighted by molar-refractivity contribution is -0.142. The van der Waals surface area contributed by atoms with E-state index < -0.39 is 0 Å². The van der Waals surface area contributed by atoms with E-state index in [9.17, 15) is 9.59 Å². The average Bonchev–Trinajstić information content (AvgIpc) is 2.11. The minimum absolute atomic E-state index is 0.0138. The molecule has 0 radical (unpaired) electrons. The van der Waals surface area contributed by atoms with Crippen molar-refractivity contribution in [3.63, 3.8) is 0 Å². The summed E-state index contributed by atoms with van der Waals surface area (Å²) in [6, 6.07) is -0.247. The smallest absolute Gasteiger partial charge is 0.307 e. The maximum Gasteiger partial charge on any atom is 0.307 e. The van der Waals surface area contributed by atoms with E-state index in [4.69, 9.17) is 0 Å². The lowest BCUT2D eigenvalue weighted by atomic mass is 10.1. The van der Waals surface area contributed by atoms with Crippen molar-refractivity contribution in [1.82, 2.24) is 10.6 Å². The molecule has 13 heavy (non-hydrogen) atoms. The van der Waals surface area contributed by atoms with Crippen molar-refractivity contribution in [3.8, 4) is 0 Å². The summed E-state index contributed by atoms with van der Waals surface area (Å²) in [5.74, 6) is -0.290. The summed E-state index contributed by atoms with van der Waals surface area (Å²) in [4.78, 5) is 21.9. The van der Waals surface area contributed by atoms with E-state index >= 15 is 0 Å². The summed E-state index contributed by atoms with van der Waals surface area (Å²) in [5.41, 5.74) is 0. The number of nitrogens with one attached hydrogen (secondary N) is 2. The second-order valence-electron chi connectivity index (χ2n) is 3.11. The number of hydrogen-bond donors (Lipinski definition) is 2. The van der Waals surface area contributed by atoms with Gasteiger partial charge in [0.1, 0.15) is 0 Å². The molecule has 1 saturated heterocycles. The van der Waals surface area contributed by atoms with Gasteiger partial charge in [-0.2, -0.15) is 0 Å². The van der Waals surface area contributed by atoms with Crippen LogP contribution in [0.5, 0.6) is 0 Å². The molecule has 1 aliphatic rings. The molecule has 2 N–H and O–H groups in total. The molecule has 0 aromatic heterocycles. The van der Waals surface area contributed by atoms with Crippen LogP contribution in [0.1, 0.15) is 13.3 Å². The maximum absolute atomic E-state index is 11.0. The van der Waals surface area contributed by atoms with Crippen molar-refractivity contribution in [1.29, 1.82) is 0 Å². The van der Waals surface area contributed by atoms with Gasteiger partial charge in [-0.05, 0) is 6.92 Å². The summed E-state index contributed by atoms with van der Waals surface area (Å²) < 4.78 is 4.52. The number of ether oxygens (including phenoxy) is 1. The number of amides is 1. The monoisotopic (exact) mass is 186 g/mol. The van der Waals surface area contributed by atoms with Gasteiger partial charge in [-0.25, -0.2) is 0 Å². The molecule has 0 saturated carbocycles. The molecule has 5 heteroatoms. The number of hydrogen-bond acceptors (Lipinski definition) is 4. The van der Waals surface area contributed by atoms with E-state index in [0.29, 0.717) is 13.0 Å². The Bertz CT molecular complexity index is 217. The predicted octanol–water partition coefficient (Wildman–Crippen LogP) is -0.974. The molecule has 0 aromatic rings. The number of methoxy groups -OCH3 is 1. The van der Waals surface area contributed by atoms with Crippen LogP contribution < -0.4 is 10.6 Å². The van der Waals surface area contributed by atoms with Crippen LogP contribution in [0.15, 0.2) is 0 Å². The Morgan fingerprint density at radius 1 is 1.69 bits per heavy atom. The van der Waals surface area contributed by atoms with Crippen molar-refractivity contribution in [2.75, 3.05) is 13.7 Å². The summed E-state index contributed by atoms with van der Waals surface area (Å²) in [7, 11) is 1.35. The largest absolute Gasteiger partial charge is 0.469 e. The highest BCUT2D eigenvalue weighted by Gasteiger charge is 2.25. The van der Waals surface area contributed by atoms with Gasteiger partial charge in [-0.1, -0.05) is 0 Å². The summed E-state index contributed by atoms with van der Waals surface area (Å²) in [6.45, 7) is 2.25. The fourth-order valence-corrected chi connectivity index (χ4v) is 1.28. The van der Waals surface area contributed by atoms with Crippen LogP contribution in [0.3, 0.4) is 0 Å². The molecule has 0 spiro atoms. The zero-order valence-corrected chi connectivity index (χ0v) is 7.79. The van der Waals surface area contributed by atoms with Gasteiger partial charge in [0, 0.05) is 12.6 Å². The number of esters is 1. The first-order chi connectivity index (χ1) is 6.13. The van der Waals surface area contributed by atoms with Crippen LogP contribution in [0, 0.1) is 0 Å². The van der Waals surface area contributed by atoms with Crippen molar-refractivity contribution in [2.24, 2.45) is 0 Å². The third kappa shape index (κ3) is 2.69. The van der Waals surface area contributed by atoms with Gasteiger partial charge in [0.05, 0.1) is 19.6 Å². The normalized spacial score (nSPS) is 28.0. The standard InChI is InChI=1S/C8H14N2O3/c1-5-8(12)9-4-6(10-5)3-7(11)13-2/h5-6,10H,3-4H2,1-2H3,(H,9,12)/t5-,6?/m0/s1. The molecule has 5 nitrogen and oxygen atoms in total. The molecular weight excluding hydrogens is 172 g/mol. The topological polar surface area (TPSA) is 67.4 Å². The SMILES string of the molecule is COC(=O)CC1CNC(=O)[C@H](C)N1. The number of carbonyl (C=O) groups excluding carboxylic acids is 2. The minimum Gasteiger partial charge on any atom is -0.469 e. The summed E-state index contributed by atoms with van der Waals surface area (Å²) >= 11 is 0. The zero-order valence-electron chi connectivity index (χ0n) is 7.79.